The number of fused-ring (bicyclic) bond motifs is 1. The molecule has 5 rings (SSSR count). The Hall–Kier alpha value is -4.47. The number of rotatable bonds is 5. The lowest BCUT2D eigenvalue weighted by molar-refractivity contribution is 0.0206. The van der Waals surface area contributed by atoms with Crippen LogP contribution in [-0.4, -0.2) is 50.7 Å². The molecule has 0 aliphatic carbocycles. The van der Waals surface area contributed by atoms with Crippen LogP contribution >= 0.6 is 0 Å². The number of nitrogen functional groups attached to an aromatic ring is 1. The van der Waals surface area contributed by atoms with Crippen molar-refractivity contribution in [3.05, 3.63) is 66.7 Å². The molecular weight excluding hydrogens is 499 g/mol. The summed E-state index contributed by atoms with van der Waals surface area (Å²) in [5.41, 5.74) is 7.18. The predicted octanol–water partition coefficient (Wildman–Crippen LogP) is 6.02. The molecule has 0 bridgehead atoms. The molecule has 1 saturated heterocycles. The maximum Gasteiger partial charge on any atom is 0.410 e. The van der Waals surface area contributed by atoms with Gasteiger partial charge in [0.25, 0.3) is 0 Å². The van der Waals surface area contributed by atoms with Crippen molar-refractivity contribution in [3.63, 3.8) is 0 Å². The minimum Gasteiger partial charge on any atom is -0.444 e. The first-order valence-corrected chi connectivity index (χ1v) is 12.9. The number of anilines is 2. The third-order valence-electron chi connectivity index (χ3n) is 6.31. The van der Waals surface area contributed by atoms with Crippen molar-refractivity contribution in [2.24, 2.45) is 0 Å². The highest BCUT2D eigenvalue weighted by Gasteiger charge is 2.28. The third kappa shape index (κ3) is 6.00. The number of benzene rings is 2. The van der Waals surface area contributed by atoms with Gasteiger partial charge in [0.2, 0.25) is 11.8 Å². The van der Waals surface area contributed by atoms with Crippen molar-refractivity contribution in [2.45, 2.75) is 45.3 Å². The first-order chi connectivity index (χ1) is 18.7. The number of nitrogens with zero attached hydrogens (tertiary/aromatic N) is 4. The largest absolute Gasteiger partial charge is 0.444 e. The number of carbonyl (C=O) groups excluding carboxylic acids is 1. The molecule has 2 aromatic carbocycles. The third-order valence-corrected chi connectivity index (χ3v) is 6.31. The first kappa shape index (κ1) is 26.1. The second kappa shape index (κ2) is 10.7. The number of hydrogen-bond donors (Lipinski definition) is 2. The molecule has 10 heteroatoms. The van der Waals surface area contributed by atoms with Crippen molar-refractivity contribution in [1.82, 2.24) is 19.9 Å². The minimum absolute atomic E-state index is 0.0385. The molecule has 39 heavy (non-hydrogen) atoms. The van der Waals surface area contributed by atoms with Gasteiger partial charge in [-0.25, -0.2) is 24.1 Å². The Balaban J connectivity index is 1.38. The zero-order chi connectivity index (χ0) is 27.6. The molecule has 0 radical (unpaired) electrons. The topological polar surface area (TPSA) is 115 Å². The van der Waals surface area contributed by atoms with Crippen LogP contribution in [0, 0.1) is 5.82 Å². The summed E-state index contributed by atoms with van der Waals surface area (Å²) in [7, 11) is 0. The van der Waals surface area contributed by atoms with Crippen LogP contribution < -0.4 is 15.8 Å². The number of ether oxygens (including phenoxy) is 2. The number of amides is 1. The van der Waals surface area contributed by atoms with Crippen LogP contribution in [0.15, 0.2) is 60.9 Å². The molecule has 1 fully saturated rings. The molecule has 1 aliphatic heterocycles. The summed E-state index contributed by atoms with van der Waals surface area (Å²) >= 11 is 0. The van der Waals surface area contributed by atoms with Gasteiger partial charge in [-0.1, -0.05) is 12.1 Å². The Kier molecular flexibility index (Phi) is 7.19. The molecule has 1 aliphatic rings. The second-order valence-electron chi connectivity index (χ2n) is 10.5. The van der Waals surface area contributed by atoms with E-state index in [4.69, 9.17) is 15.2 Å². The molecule has 0 spiro atoms. The van der Waals surface area contributed by atoms with E-state index in [1.165, 1.54) is 6.07 Å². The van der Waals surface area contributed by atoms with Crippen LogP contribution in [0.25, 0.3) is 22.0 Å². The van der Waals surface area contributed by atoms with Crippen LogP contribution in [-0.2, 0) is 4.74 Å². The number of carbonyl (C=O) groups is 1. The summed E-state index contributed by atoms with van der Waals surface area (Å²) < 4.78 is 26.5. The molecule has 0 saturated carbocycles. The van der Waals surface area contributed by atoms with Crippen LogP contribution in [0.5, 0.6) is 11.6 Å². The summed E-state index contributed by atoms with van der Waals surface area (Å²) in [5.74, 6) is 0.116. The number of aromatic nitrogens is 3. The highest BCUT2D eigenvalue weighted by Crippen LogP contribution is 2.37. The number of halogens is 1. The molecular formula is C29H31FN6O3. The summed E-state index contributed by atoms with van der Waals surface area (Å²) in [5, 5.41) is 4.57. The van der Waals surface area contributed by atoms with Crippen LogP contribution in [0.4, 0.5) is 20.8 Å². The Labute approximate surface area is 226 Å². The Bertz CT molecular complexity index is 1510. The van der Waals surface area contributed by atoms with Gasteiger partial charge < -0.3 is 25.4 Å². The Morgan fingerprint density at radius 3 is 2.74 bits per heavy atom. The maximum atomic E-state index is 14.9. The number of hydrogen-bond acceptors (Lipinski definition) is 8. The zero-order valence-corrected chi connectivity index (χ0v) is 22.1. The molecule has 3 heterocycles. The number of piperidine rings is 1. The first-order valence-electron chi connectivity index (χ1n) is 12.9. The van der Waals surface area contributed by atoms with Gasteiger partial charge in [0.1, 0.15) is 5.60 Å². The fourth-order valence-electron chi connectivity index (χ4n) is 4.54. The lowest BCUT2D eigenvalue weighted by atomic mass is 10.1. The molecule has 3 N–H and O–H groups in total. The Morgan fingerprint density at radius 2 is 1.92 bits per heavy atom. The number of likely N-dealkylation sites (tertiary alicyclic amines) is 1. The summed E-state index contributed by atoms with van der Waals surface area (Å²) in [6, 6.07) is 13.5. The second-order valence-corrected chi connectivity index (χ2v) is 10.5. The normalized spacial score (nSPS) is 15.7. The minimum atomic E-state index is -0.556. The summed E-state index contributed by atoms with van der Waals surface area (Å²) in [4.78, 5) is 27.7. The van der Waals surface area contributed by atoms with Gasteiger partial charge >= 0.3 is 6.09 Å². The standard InChI is InChI=1S/C29H31FN6O3/c1-29(2,3)39-28(37)36-16-6-7-18(17-36)34-27-33-15-13-24(35-27)21-9-5-14-32-26(21)38-25-20-8-4-10-23(31)19(20)11-12-22(25)30/h4-5,8-15,18H,6-7,16-17,31H2,1-3H3,(H,33,34,35)/t18-/m0/s1. The molecule has 202 valence electrons. The highest BCUT2D eigenvalue weighted by atomic mass is 19.1. The fraction of sp³-hybridized carbons (Fsp3) is 0.310. The summed E-state index contributed by atoms with van der Waals surface area (Å²) in [6.07, 6.45) is 4.57. The molecule has 1 atom stereocenters. The van der Waals surface area contributed by atoms with Crippen molar-refractivity contribution in [2.75, 3.05) is 24.1 Å². The average molecular weight is 531 g/mol. The SMILES string of the molecule is CC(C)(C)OC(=O)N1CCC[C@H](Nc2nccc(-c3cccnc3Oc3c(F)ccc4c(N)cccc34)n2)C1. The fourth-order valence-corrected chi connectivity index (χ4v) is 4.54. The highest BCUT2D eigenvalue weighted by molar-refractivity contribution is 5.97. The lowest BCUT2D eigenvalue weighted by Crippen LogP contribution is -2.47. The smallest absolute Gasteiger partial charge is 0.410 e. The molecule has 2 aromatic heterocycles. The molecule has 4 aromatic rings. The quantitative estimate of drug-likeness (QED) is 0.301. The number of nitrogens with two attached hydrogens (primary N) is 1. The van der Waals surface area contributed by atoms with Crippen LogP contribution in [0.2, 0.25) is 0 Å². The molecule has 9 nitrogen and oxygen atoms in total. The Morgan fingerprint density at radius 1 is 1.08 bits per heavy atom. The van der Waals surface area contributed by atoms with E-state index >= 15 is 0 Å². The van der Waals surface area contributed by atoms with Crippen molar-refractivity contribution < 1.29 is 18.7 Å². The molecule has 0 unspecified atom stereocenters. The van der Waals surface area contributed by atoms with E-state index in [0.29, 0.717) is 46.8 Å². The van der Waals surface area contributed by atoms with Gasteiger partial charge in [-0.05, 0) is 70.0 Å². The van der Waals surface area contributed by atoms with Crippen molar-refractivity contribution >= 4 is 28.5 Å². The van der Waals surface area contributed by atoms with Gasteiger partial charge in [0.15, 0.2) is 11.6 Å². The zero-order valence-electron chi connectivity index (χ0n) is 22.1. The van der Waals surface area contributed by atoms with Gasteiger partial charge in [-0.3, -0.25) is 0 Å². The van der Waals surface area contributed by atoms with Crippen molar-refractivity contribution in [1.29, 1.82) is 0 Å². The van der Waals surface area contributed by atoms with E-state index in [2.05, 4.69) is 20.3 Å². The molecule has 1 amide bonds. The van der Waals surface area contributed by atoms with Crippen LogP contribution in [0.3, 0.4) is 0 Å². The monoisotopic (exact) mass is 530 g/mol. The van der Waals surface area contributed by atoms with E-state index < -0.39 is 11.4 Å². The van der Waals surface area contributed by atoms with E-state index in [0.717, 1.165) is 12.8 Å². The van der Waals surface area contributed by atoms with Crippen molar-refractivity contribution in [3.8, 4) is 22.9 Å². The number of nitrogens with one attached hydrogen (secondary N) is 1. The van der Waals surface area contributed by atoms with Gasteiger partial charge in [-0.2, -0.15) is 0 Å². The van der Waals surface area contributed by atoms with E-state index in [9.17, 15) is 9.18 Å². The average Bonchev–Trinajstić information content (AvgIpc) is 2.90. The maximum absolute atomic E-state index is 14.9. The van der Waals surface area contributed by atoms with Gasteiger partial charge in [0.05, 0.1) is 11.3 Å². The van der Waals surface area contributed by atoms with Gasteiger partial charge in [-0.15, -0.1) is 0 Å². The summed E-state index contributed by atoms with van der Waals surface area (Å²) in [6.45, 7) is 6.67. The van der Waals surface area contributed by atoms with E-state index in [1.807, 2.05) is 20.8 Å². The van der Waals surface area contributed by atoms with Gasteiger partial charge in [0, 0.05) is 48.0 Å². The predicted molar refractivity (Wildman–Crippen MR) is 148 cm³/mol. The number of pyridine rings is 1. The lowest BCUT2D eigenvalue weighted by Gasteiger charge is -2.34. The van der Waals surface area contributed by atoms with E-state index in [1.54, 1.807) is 59.8 Å². The van der Waals surface area contributed by atoms with Crippen LogP contribution in [0.1, 0.15) is 33.6 Å². The van der Waals surface area contributed by atoms with E-state index in [-0.39, 0.29) is 23.8 Å².